The second-order valence-electron chi connectivity index (χ2n) is 5.16. The summed E-state index contributed by atoms with van der Waals surface area (Å²) in [5.41, 5.74) is 3.66. The maximum atomic E-state index is 4.77. The van der Waals surface area contributed by atoms with Crippen LogP contribution in [0.4, 0.5) is 0 Å². The van der Waals surface area contributed by atoms with Crippen LogP contribution >= 0.6 is 0 Å². The van der Waals surface area contributed by atoms with Gasteiger partial charge >= 0.3 is 0 Å². The number of hydrogen-bond donors (Lipinski definition) is 1. The molecule has 90 valence electrons. The van der Waals surface area contributed by atoms with Crippen LogP contribution in [0.25, 0.3) is 11.4 Å². The van der Waals surface area contributed by atoms with Crippen molar-refractivity contribution in [3.8, 4) is 11.4 Å². The van der Waals surface area contributed by atoms with E-state index in [0.717, 1.165) is 17.8 Å². The third-order valence-corrected chi connectivity index (χ3v) is 3.99. The van der Waals surface area contributed by atoms with Crippen LogP contribution in [0.2, 0.25) is 0 Å². The van der Waals surface area contributed by atoms with Crippen LogP contribution < -0.4 is 5.32 Å². The van der Waals surface area contributed by atoms with E-state index in [1.54, 1.807) is 0 Å². The fraction of sp³-hybridized carbons (Fsp3) is 0.333. The molecule has 2 aliphatic heterocycles. The molecule has 3 nitrogen and oxygen atoms in total. The zero-order chi connectivity index (χ0) is 11.9. The lowest BCUT2D eigenvalue weighted by molar-refractivity contribution is 0.504. The van der Waals surface area contributed by atoms with Crippen molar-refractivity contribution in [2.24, 2.45) is 0 Å². The molecule has 1 N–H and O–H groups in total. The van der Waals surface area contributed by atoms with Gasteiger partial charge in [-0.25, -0.2) is 9.97 Å². The van der Waals surface area contributed by atoms with E-state index in [1.165, 1.54) is 24.1 Å². The lowest BCUT2D eigenvalue weighted by atomic mass is 10.0. The van der Waals surface area contributed by atoms with Gasteiger partial charge in [0.05, 0.1) is 5.69 Å². The molecule has 0 spiro atoms. The van der Waals surface area contributed by atoms with Crippen LogP contribution in [0.1, 0.15) is 30.1 Å². The molecule has 2 aliphatic rings. The fourth-order valence-corrected chi connectivity index (χ4v) is 3.07. The van der Waals surface area contributed by atoms with E-state index in [-0.39, 0.29) is 0 Å². The number of nitrogens with zero attached hydrogens (tertiary/aromatic N) is 2. The van der Waals surface area contributed by atoms with E-state index in [2.05, 4.69) is 22.4 Å². The number of rotatable bonds is 1. The Labute approximate surface area is 106 Å². The molecule has 2 atom stereocenters. The van der Waals surface area contributed by atoms with Crippen molar-refractivity contribution >= 4 is 0 Å². The summed E-state index contributed by atoms with van der Waals surface area (Å²) in [5.74, 6) is 0.857. The van der Waals surface area contributed by atoms with Gasteiger partial charge in [-0.3, -0.25) is 0 Å². The molecular formula is C15H15N3. The molecule has 1 saturated heterocycles. The quantitative estimate of drug-likeness (QED) is 0.828. The first-order chi connectivity index (χ1) is 8.90. The van der Waals surface area contributed by atoms with Gasteiger partial charge in [0.1, 0.15) is 0 Å². The highest BCUT2D eigenvalue weighted by molar-refractivity contribution is 5.55. The van der Waals surface area contributed by atoms with E-state index < -0.39 is 0 Å². The molecule has 0 radical (unpaired) electrons. The highest BCUT2D eigenvalue weighted by Gasteiger charge is 2.33. The van der Waals surface area contributed by atoms with Crippen LogP contribution in [0, 0.1) is 0 Å². The minimum Gasteiger partial charge on any atom is -0.307 e. The van der Waals surface area contributed by atoms with Crippen molar-refractivity contribution in [3.05, 3.63) is 47.8 Å². The molecule has 18 heavy (non-hydrogen) atoms. The van der Waals surface area contributed by atoms with Gasteiger partial charge in [-0.15, -0.1) is 0 Å². The van der Waals surface area contributed by atoms with Gasteiger partial charge in [0.25, 0.3) is 0 Å². The van der Waals surface area contributed by atoms with Gasteiger partial charge < -0.3 is 5.32 Å². The van der Waals surface area contributed by atoms with Crippen molar-refractivity contribution in [2.45, 2.75) is 31.3 Å². The maximum absolute atomic E-state index is 4.77. The highest BCUT2D eigenvalue weighted by atomic mass is 15.0. The molecule has 2 unspecified atom stereocenters. The van der Waals surface area contributed by atoms with Crippen LogP contribution in [-0.2, 0) is 6.42 Å². The summed E-state index contributed by atoms with van der Waals surface area (Å²) in [6.45, 7) is 0. The topological polar surface area (TPSA) is 37.8 Å². The molecule has 2 bridgehead atoms. The molecule has 0 aliphatic carbocycles. The van der Waals surface area contributed by atoms with Gasteiger partial charge in [-0.1, -0.05) is 30.3 Å². The summed E-state index contributed by atoms with van der Waals surface area (Å²) >= 11 is 0. The van der Waals surface area contributed by atoms with Crippen molar-refractivity contribution in [3.63, 3.8) is 0 Å². The Hall–Kier alpha value is -1.74. The number of benzene rings is 1. The summed E-state index contributed by atoms with van der Waals surface area (Å²) in [6, 6.07) is 11.3. The molecule has 2 aromatic rings. The second-order valence-corrected chi connectivity index (χ2v) is 5.16. The van der Waals surface area contributed by atoms with Crippen LogP contribution in [0.15, 0.2) is 36.5 Å². The lowest BCUT2D eigenvalue weighted by Crippen LogP contribution is -2.32. The Morgan fingerprint density at radius 3 is 2.89 bits per heavy atom. The standard InChI is InChI=1S/C15H15N3/c1-2-4-10(5-3-1)15-16-9-12-13-7-6-11(17-13)8-14(12)18-15/h1-5,9,11,13,17H,6-8H2. The predicted molar refractivity (Wildman–Crippen MR) is 70.1 cm³/mol. The van der Waals surface area contributed by atoms with E-state index in [1.807, 2.05) is 24.4 Å². The molecule has 0 amide bonds. The third-order valence-electron chi connectivity index (χ3n) is 3.99. The van der Waals surface area contributed by atoms with Gasteiger partial charge in [0, 0.05) is 35.8 Å². The monoisotopic (exact) mass is 237 g/mol. The first kappa shape index (κ1) is 10.2. The van der Waals surface area contributed by atoms with E-state index >= 15 is 0 Å². The summed E-state index contributed by atoms with van der Waals surface area (Å²) in [4.78, 5) is 9.30. The largest absolute Gasteiger partial charge is 0.307 e. The van der Waals surface area contributed by atoms with Crippen LogP contribution in [0.3, 0.4) is 0 Å². The Balaban J connectivity index is 1.79. The summed E-state index contributed by atoms with van der Waals surface area (Å²) in [7, 11) is 0. The van der Waals surface area contributed by atoms with Gasteiger partial charge in [-0.2, -0.15) is 0 Å². The Morgan fingerprint density at radius 1 is 1.11 bits per heavy atom. The molecule has 0 saturated carbocycles. The molecule has 3 heteroatoms. The molecule has 3 heterocycles. The molecule has 4 rings (SSSR count). The van der Waals surface area contributed by atoms with Crippen molar-refractivity contribution < 1.29 is 0 Å². The van der Waals surface area contributed by atoms with Crippen LogP contribution in [-0.4, -0.2) is 16.0 Å². The van der Waals surface area contributed by atoms with E-state index in [0.29, 0.717) is 12.1 Å². The predicted octanol–water partition coefficient (Wildman–Crippen LogP) is 2.49. The molecular weight excluding hydrogens is 222 g/mol. The van der Waals surface area contributed by atoms with Gasteiger partial charge in [0.2, 0.25) is 0 Å². The first-order valence-corrected chi connectivity index (χ1v) is 6.57. The average molecular weight is 237 g/mol. The smallest absolute Gasteiger partial charge is 0.159 e. The summed E-state index contributed by atoms with van der Waals surface area (Å²) < 4.78 is 0. The Bertz CT molecular complexity index is 580. The summed E-state index contributed by atoms with van der Waals surface area (Å²) in [6.07, 6.45) is 5.56. The Morgan fingerprint density at radius 2 is 2.00 bits per heavy atom. The first-order valence-electron chi connectivity index (χ1n) is 6.57. The van der Waals surface area contributed by atoms with E-state index in [4.69, 9.17) is 4.98 Å². The highest BCUT2D eigenvalue weighted by Crippen LogP contribution is 2.35. The average Bonchev–Trinajstić information content (AvgIpc) is 2.82. The summed E-state index contributed by atoms with van der Waals surface area (Å²) in [5, 5.41) is 3.63. The van der Waals surface area contributed by atoms with E-state index in [9.17, 15) is 0 Å². The number of nitrogens with one attached hydrogen (secondary N) is 1. The second kappa shape index (κ2) is 3.89. The van der Waals surface area contributed by atoms with Gasteiger partial charge in [0.15, 0.2) is 5.82 Å². The van der Waals surface area contributed by atoms with Crippen LogP contribution in [0.5, 0.6) is 0 Å². The fourth-order valence-electron chi connectivity index (χ4n) is 3.07. The number of aromatic nitrogens is 2. The normalized spacial score (nSPS) is 24.9. The molecule has 1 aromatic carbocycles. The zero-order valence-electron chi connectivity index (χ0n) is 10.1. The SMILES string of the molecule is c1ccc(-c2ncc3c(n2)CC2CCC3N2)cc1. The van der Waals surface area contributed by atoms with Crippen molar-refractivity contribution in [1.82, 2.24) is 15.3 Å². The Kier molecular flexibility index (Phi) is 2.20. The lowest BCUT2D eigenvalue weighted by Gasteiger charge is -2.23. The third kappa shape index (κ3) is 1.55. The number of fused-ring (bicyclic) bond motifs is 4. The maximum Gasteiger partial charge on any atom is 0.159 e. The van der Waals surface area contributed by atoms with Crippen molar-refractivity contribution in [1.29, 1.82) is 0 Å². The van der Waals surface area contributed by atoms with Gasteiger partial charge in [-0.05, 0) is 12.8 Å². The number of hydrogen-bond acceptors (Lipinski definition) is 3. The molecule has 1 fully saturated rings. The minimum absolute atomic E-state index is 0.489. The zero-order valence-corrected chi connectivity index (χ0v) is 10.1. The molecule has 1 aromatic heterocycles. The van der Waals surface area contributed by atoms with Crippen molar-refractivity contribution in [2.75, 3.05) is 0 Å². The minimum atomic E-state index is 0.489.